The van der Waals surface area contributed by atoms with Gasteiger partial charge in [-0.25, -0.2) is 0 Å². The van der Waals surface area contributed by atoms with E-state index in [1.54, 1.807) is 13.0 Å². The number of carbonyl (C=O) groups excluding carboxylic acids is 1. The zero-order chi connectivity index (χ0) is 14.8. The van der Waals surface area contributed by atoms with Crippen LogP contribution in [0.2, 0.25) is 0 Å². The third-order valence-corrected chi connectivity index (χ3v) is 3.60. The van der Waals surface area contributed by atoms with Gasteiger partial charge in [-0.2, -0.15) is 13.2 Å². The van der Waals surface area contributed by atoms with Crippen LogP contribution in [0.25, 0.3) is 0 Å². The van der Waals surface area contributed by atoms with Gasteiger partial charge in [0.15, 0.2) is 0 Å². The Balaban J connectivity index is 2.06. The number of para-hydroxylation sites is 1. The normalized spacial score (nSPS) is 17.4. The topological polar surface area (TPSA) is 41.1 Å². The van der Waals surface area contributed by atoms with Gasteiger partial charge in [0.2, 0.25) is 5.91 Å². The fraction of sp³-hybridized carbons (Fsp3) is 0.500. The number of benzene rings is 1. The van der Waals surface area contributed by atoms with Crippen molar-refractivity contribution in [1.82, 2.24) is 5.32 Å². The molecule has 0 bridgehead atoms. The Bertz CT molecular complexity index is 484. The first-order valence-electron chi connectivity index (χ1n) is 6.53. The number of rotatable bonds is 4. The van der Waals surface area contributed by atoms with E-state index < -0.39 is 12.6 Å². The van der Waals surface area contributed by atoms with Gasteiger partial charge in [0.1, 0.15) is 0 Å². The van der Waals surface area contributed by atoms with Crippen LogP contribution in [0.5, 0.6) is 0 Å². The summed E-state index contributed by atoms with van der Waals surface area (Å²) < 4.78 is 37.5. The van der Waals surface area contributed by atoms with E-state index in [1.807, 2.05) is 0 Å². The van der Waals surface area contributed by atoms with Gasteiger partial charge < -0.3 is 10.6 Å². The predicted octanol–water partition coefficient (Wildman–Crippen LogP) is 2.59. The van der Waals surface area contributed by atoms with Crippen molar-refractivity contribution in [2.75, 3.05) is 18.4 Å². The molecule has 1 aliphatic heterocycles. The molecule has 20 heavy (non-hydrogen) atoms. The molecule has 0 spiro atoms. The average Bonchev–Trinajstić information content (AvgIpc) is 2.27. The summed E-state index contributed by atoms with van der Waals surface area (Å²) in [5, 5.41) is 5.69. The van der Waals surface area contributed by atoms with Gasteiger partial charge in [0.05, 0.1) is 6.42 Å². The molecular formula is C14H17F3N2O. The molecule has 1 aromatic rings. The molecule has 1 atom stereocenters. The molecule has 1 fully saturated rings. The van der Waals surface area contributed by atoms with Crippen LogP contribution in [-0.4, -0.2) is 25.2 Å². The fourth-order valence-corrected chi connectivity index (χ4v) is 2.14. The van der Waals surface area contributed by atoms with Gasteiger partial charge >= 0.3 is 6.18 Å². The maximum Gasteiger partial charge on any atom is 0.393 e. The van der Waals surface area contributed by atoms with Crippen LogP contribution in [0.15, 0.2) is 24.3 Å². The van der Waals surface area contributed by atoms with E-state index >= 15 is 0 Å². The Labute approximate surface area is 115 Å². The van der Waals surface area contributed by atoms with Gasteiger partial charge in [-0.05, 0) is 30.6 Å². The number of alkyl halides is 3. The number of amides is 1. The molecule has 0 aliphatic carbocycles. The van der Waals surface area contributed by atoms with Crippen molar-refractivity contribution in [2.24, 2.45) is 11.8 Å². The molecule has 0 saturated carbocycles. The number of nitrogens with one attached hydrogen (secondary N) is 2. The van der Waals surface area contributed by atoms with E-state index in [0.717, 1.165) is 13.1 Å². The number of anilines is 1. The summed E-state index contributed by atoms with van der Waals surface area (Å²) in [6.45, 7) is 3.35. The maximum atomic E-state index is 12.5. The molecule has 1 unspecified atom stereocenters. The molecule has 1 amide bonds. The summed E-state index contributed by atoms with van der Waals surface area (Å²) in [4.78, 5) is 12.0. The summed E-state index contributed by atoms with van der Waals surface area (Å²) in [7, 11) is 0. The Morgan fingerprint density at radius 2 is 2.05 bits per heavy atom. The fourth-order valence-electron chi connectivity index (χ4n) is 2.14. The highest BCUT2D eigenvalue weighted by Crippen LogP contribution is 2.27. The highest BCUT2D eigenvalue weighted by molar-refractivity contribution is 5.93. The van der Waals surface area contributed by atoms with Gasteiger partial charge in [-0.15, -0.1) is 0 Å². The number of halogens is 3. The quantitative estimate of drug-likeness (QED) is 0.893. The van der Waals surface area contributed by atoms with Gasteiger partial charge in [-0.1, -0.05) is 25.1 Å². The molecule has 1 aromatic carbocycles. The summed E-state index contributed by atoms with van der Waals surface area (Å²) in [6, 6.07) is 6.05. The Morgan fingerprint density at radius 1 is 1.40 bits per heavy atom. The highest BCUT2D eigenvalue weighted by atomic mass is 19.4. The second-order valence-electron chi connectivity index (χ2n) is 5.15. The standard InChI is InChI=1S/C14H17F3N2O/c1-9(11-7-18-8-11)13(20)19-12-5-3-2-4-10(12)6-14(15,16)17/h2-5,9,11,18H,6-8H2,1H3,(H,19,20). The molecule has 1 heterocycles. The molecule has 0 aromatic heterocycles. The minimum Gasteiger partial charge on any atom is -0.326 e. The van der Waals surface area contributed by atoms with E-state index in [9.17, 15) is 18.0 Å². The molecule has 3 nitrogen and oxygen atoms in total. The SMILES string of the molecule is CC(C(=O)Nc1ccccc1CC(F)(F)F)C1CNC1. The highest BCUT2D eigenvalue weighted by Gasteiger charge is 2.31. The van der Waals surface area contributed by atoms with Crippen molar-refractivity contribution in [1.29, 1.82) is 0 Å². The van der Waals surface area contributed by atoms with Crippen molar-refractivity contribution >= 4 is 11.6 Å². The van der Waals surface area contributed by atoms with Crippen molar-refractivity contribution in [3.05, 3.63) is 29.8 Å². The van der Waals surface area contributed by atoms with Crippen LogP contribution < -0.4 is 10.6 Å². The van der Waals surface area contributed by atoms with Crippen LogP contribution >= 0.6 is 0 Å². The third kappa shape index (κ3) is 3.72. The lowest BCUT2D eigenvalue weighted by Crippen LogP contribution is -2.48. The molecule has 2 rings (SSSR count). The van der Waals surface area contributed by atoms with Crippen LogP contribution in [0.4, 0.5) is 18.9 Å². The summed E-state index contributed by atoms with van der Waals surface area (Å²) in [5.74, 6) is -0.189. The molecule has 1 saturated heterocycles. The van der Waals surface area contributed by atoms with Gasteiger partial charge in [0, 0.05) is 11.6 Å². The smallest absolute Gasteiger partial charge is 0.326 e. The Morgan fingerprint density at radius 3 is 2.60 bits per heavy atom. The van der Waals surface area contributed by atoms with Crippen molar-refractivity contribution < 1.29 is 18.0 Å². The van der Waals surface area contributed by atoms with Crippen molar-refractivity contribution in [2.45, 2.75) is 19.5 Å². The number of hydrogen-bond donors (Lipinski definition) is 2. The van der Waals surface area contributed by atoms with Crippen molar-refractivity contribution in [3.8, 4) is 0 Å². The monoisotopic (exact) mass is 286 g/mol. The summed E-state index contributed by atoms with van der Waals surface area (Å²) in [6.07, 6.45) is -5.33. The number of hydrogen-bond acceptors (Lipinski definition) is 2. The second kappa shape index (κ2) is 5.83. The molecule has 6 heteroatoms. The molecule has 2 N–H and O–H groups in total. The van der Waals surface area contributed by atoms with E-state index in [1.165, 1.54) is 18.2 Å². The van der Waals surface area contributed by atoms with E-state index in [0.29, 0.717) is 0 Å². The maximum absolute atomic E-state index is 12.5. The van der Waals surface area contributed by atoms with Crippen LogP contribution in [-0.2, 0) is 11.2 Å². The Kier molecular flexibility index (Phi) is 4.32. The number of carbonyl (C=O) groups is 1. The zero-order valence-electron chi connectivity index (χ0n) is 11.1. The second-order valence-corrected chi connectivity index (χ2v) is 5.15. The van der Waals surface area contributed by atoms with Gasteiger partial charge in [0.25, 0.3) is 0 Å². The minimum atomic E-state index is -4.29. The van der Waals surface area contributed by atoms with Crippen LogP contribution in [0.3, 0.4) is 0 Å². The van der Waals surface area contributed by atoms with Gasteiger partial charge in [-0.3, -0.25) is 4.79 Å². The lowest BCUT2D eigenvalue weighted by Gasteiger charge is -2.31. The van der Waals surface area contributed by atoms with E-state index in [2.05, 4.69) is 10.6 Å². The van der Waals surface area contributed by atoms with Crippen LogP contribution in [0, 0.1) is 11.8 Å². The zero-order valence-corrected chi connectivity index (χ0v) is 11.1. The molecule has 1 aliphatic rings. The van der Waals surface area contributed by atoms with E-state index in [-0.39, 0.29) is 29.0 Å². The lowest BCUT2D eigenvalue weighted by molar-refractivity contribution is -0.127. The molecule has 110 valence electrons. The first kappa shape index (κ1) is 14.8. The summed E-state index contributed by atoms with van der Waals surface area (Å²) in [5.41, 5.74) is 0.334. The van der Waals surface area contributed by atoms with Crippen LogP contribution in [0.1, 0.15) is 12.5 Å². The average molecular weight is 286 g/mol. The lowest BCUT2D eigenvalue weighted by atomic mass is 9.88. The minimum absolute atomic E-state index is 0.0901. The molecular weight excluding hydrogens is 269 g/mol. The van der Waals surface area contributed by atoms with Crippen molar-refractivity contribution in [3.63, 3.8) is 0 Å². The third-order valence-electron chi connectivity index (χ3n) is 3.60. The predicted molar refractivity (Wildman–Crippen MR) is 70.4 cm³/mol. The first-order chi connectivity index (χ1) is 9.37. The summed E-state index contributed by atoms with van der Waals surface area (Å²) >= 11 is 0. The largest absolute Gasteiger partial charge is 0.393 e. The molecule has 0 radical (unpaired) electrons. The first-order valence-corrected chi connectivity index (χ1v) is 6.53. The van der Waals surface area contributed by atoms with E-state index in [4.69, 9.17) is 0 Å². The Hall–Kier alpha value is -1.56.